The Hall–Kier alpha value is -2.15. The molecule has 2 amide bonds. The Kier molecular flexibility index (Phi) is 4.58. The molecule has 1 aliphatic heterocycles. The van der Waals surface area contributed by atoms with E-state index < -0.39 is 23.2 Å². The second-order valence-electron chi connectivity index (χ2n) is 4.99. The Balaban J connectivity index is 0.00000220. The molecule has 6 nitrogen and oxygen atoms in total. The van der Waals surface area contributed by atoms with Crippen LogP contribution in [0, 0.1) is 5.82 Å². The van der Waals surface area contributed by atoms with Gasteiger partial charge in [-0.25, -0.2) is 4.39 Å². The largest absolute Gasteiger partial charge is 0.379 e. The van der Waals surface area contributed by atoms with Crippen molar-refractivity contribution in [1.82, 2.24) is 4.90 Å². The maximum Gasteiger partial charge on any atom is 0.288 e. The molecule has 0 aromatic heterocycles. The van der Waals surface area contributed by atoms with Crippen LogP contribution in [0.1, 0.15) is 22.8 Å². The fourth-order valence-electron chi connectivity index (χ4n) is 2.31. The van der Waals surface area contributed by atoms with Crippen LogP contribution in [0.3, 0.4) is 0 Å². The topological polar surface area (TPSA) is 102 Å². The van der Waals surface area contributed by atoms with Gasteiger partial charge >= 0.3 is 0 Å². The molecule has 0 saturated carbocycles. The molecule has 1 aliphatic rings. The van der Waals surface area contributed by atoms with Gasteiger partial charge in [-0.2, -0.15) is 0 Å². The number of benzene rings is 1. The molecule has 1 aromatic carbocycles. The summed E-state index contributed by atoms with van der Waals surface area (Å²) < 4.78 is 14.0. The highest BCUT2D eigenvalue weighted by Gasteiger charge is 2.37. The zero-order valence-electron chi connectivity index (χ0n) is 11.6. The van der Waals surface area contributed by atoms with E-state index in [1.165, 1.54) is 17.0 Å². The zero-order chi connectivity index (χ0) is 15.1. The molecule has 0 spiro atoms. The van der Waals surface area contributed by atoms with Gasteiger partial charge in [-0.15, -0.1) is 12.4 Å². The van der Waals surface area contributed by atoms with Gasteiger partial charge in [-0.3, -0.25) is 14.6 Å². The predicted molar refractivity (Wildman–Crippen MR) is 78.8 cm³/mol. The smallest absolute Gasteiger partial charge is 0.288 e. The van der Waals surface area contributed by atoms with Gasteiger partial charge < -0.3 is 16.4 Å². The lowest BCUT2D eigenvalue weighted by Crippen LogP contribution is -2.50. The van der Waals surface area contributed by atoms with Crippen molar-refractivity contribution in [1.29, 1.82) is 0 Å². The SMILES string of the molecule is CN1CC(C)(c2cc(C(N)=O)ccc2F)N=C(N)C1=O.Cl. The number of primary amides is 1. The summed E-state index contributed by atoms with van der Waals surface area (Å²) in [5.74, 6) is -1.79. The molecule has 21 heavy (non-hydrogen) atoms. The second kappa shape index (κ2) is 5.69. The van der Waals surface area contributed by atoms with E-state index in [1.54, 1.807) is 14.0 Å². The minimum atomic E-state index is -1.05. The molecule has 1 unspecified atom stereocenters. The number of amides is 2. The average molecular weight is 315 g/mol. The number of nitrogens with two attached hydrogens (primary N) is 2. The van der Waals surface area contributed by atoms with E-state index in [-0.39, 0.29) is 35.9 Å². The third-order valence-corrected chi connectivity index (χ3v) is 3.31. The molecule has 2 rings (SSSR count). The number of amidine groups is 1. The van der Waals surface area contributed by atoms with Gasteiger partial charge in [0, 0.05) is 18.2 Å². The Morgan fingerprint density at radius 1 is 1.48 bits per heavy atom. The lowest BCUT2D eigenvalue weighted by atomic mass is 9.89. The molecule has 8 heteroatoms. The summed E-state index contributed by atoms with van der Waals surface area (Å²) in [6.45, 7) is 1.80. The van der Waals surface area contributed by atoms with Crippen molar-refractivity contribution in [3.8, 4) is 0 Å². The number of hydrogen-bond donors (Lipinski definition) is 2. The van der Waals surface area contributed by atoms with Crippen molar-refractivity contribution in [2.75, 3.05) is 13.6 Å². The summed E-state index contributed by atoms with van der Waals surface area (Å²) >= 11 is 0. The first-order valence-electron chi connectivity index (χ1n) is 5.95. The minimum Gasteiger partial charge on any atom is -0.379 e. The molecule has 0 bridgehead atoms. The number of rotatable bonds is 2. The van der Waals surface area contributed by atoms with Gasteiger partial charge in [0.2, 0.25) is 5.91 Å². The summed E-state index contributed by atoms with van der Waals surface area (Å²) in [6.07, 6.45) is 0. The van der Waals surface area contributed by atoms with Gasteiger partial charge in [-0.05, 0) is 25.1 Å². The van der Waals surface area contributed by atoms with Crippen LogP contribution in [-0.2, 0) is 10.3 Å². The second-order valence-corrected chi connectivity index (χ2v) is 4.99. The van der Waals surface area contributed by atoms with Crippen LogP contribution < -0.4 is 11.5 Å². The maximum atomic E-state index is 14.0. The summed E-state index contributed by atoms with van der Waals surface area (Å²) in [5.41, 5.74) is 10.1. The Morgan fingerprint density at radius 3 is 2.62 bits per heavy atom. The third kappa shape index (κ3) is 2.97. The molecule has 4 N–H and O–H groups in total. The highest BCUT2D eigenvalue weighted by Crippen LogP contribution is 2.31. The standard InChI is InChI=1S/C13H15FN4O2.ClH/c1-13(6-18(2)12(20)10(15)17-13)8-5-7(11(16)19)3-4-9(8)14;/h3-5H,6H2,1-2H3,(H2,15,17)(H2,16,19);1H. The van der Waals surface area contributed by atoms with Crippen LogP contribution in [0.2, 0.25) is 0 Å². The van der Waals surface area contributed by atoms with Gasteiger partial charge in [0.1, 0.15) is 11.4 Å². The first-order valence-corrected chi connectivity index (χ1v) is 5.95. The molecule has 1 heterocycles. The van der Waals surface area contributed by atoms with E-state index in [0.717, 1.165) is 6.07 Å². The fraction of sp³-hybridized carbons (Fsp3) is 0.308. The van der Waals surface area contributed by atoms with Crippen LogP contribution in [0.15, 0.2) is 23.2 Å². The van der Waals surface area contributed by atoms with Gasteiger partial charge in [-0.1, -0.05) is 0 Å². The van der Waals surface area contributed by atoms with E-state index in [4.69, 9.17) is 11.5 Å². The maximum absolute atomic E-state index is 14.0. The number of carbonyl (C=O) groups excluding carboxylic acids is 2. The van der Waals surface area contributed by atoms with Crippen molar-refractivity contribution in [3.63, 3.8) is 0 Å². The lowest BCUT2D eigenvalue weighted by Gasteiger charge is -2.35. The third-order valence-electron chi connectivity index (χ3n) is 3.31. The number of likely N-dealkylation sites (N-methyl/N-ethyl adjacent to an activating group) is 1. The first kappa shape index (κ1) is 16.9. The Labute approximate surface area is 127 Å². The van der Waals surface area contributed by atoms with E-state index in [9.17, 15) is 14.0 Å². The average Bonchev–Trinajstić information content (AvgIpc) is 2.36. The van der Waals surface area contributed by atoms with E-state index in [0.29, 0.717) is 0 Å². The first-order chi connectivity index (χ1) is 9.24. The van der Waals surface area contributed by atoms with Crippen LogP contribution in [0.4, 0.5) is 4.39 Å². The molecule has 0 aliphatic carbocycles. The molecule has 114 valence electrons. The van der Waals surface area contributed by atoms with Gasteiger partial charge in [0.15, 0.2) is 5.84 Å². The van der Waals surface area contributed by atoms with Crippen molar-refractivity contribution in [2.24, 2.45) is 16.5 Å². The van der Waals surface area contributed by atoms with E-state index in [1.807, 2.05) is 0 Å². The molecular formula is C13H16ClFN4O2. The number of nitrogens with zero attached hydrogens (tertiary/aromatic N) is 2. The highest BCUT2D eigenvalue weighted by atomic mass is 35.5. The number of halogens is 2. The molecule has 0 radical (unpaired) electrons. The van der Waals surface area contributed by atoms with Crippen molar-refractivity contribution in [3.05, 3.63) is 35.1 Å². The number of aliphatic imine (C=N–C) groups is 1. The minimum absolute atomic E-state index is 0. The Morgan fingerprint density at radius 2 is 2.10 bits per heavy atom. The van der Waals surface area contributed by atoms with Crippen molar-refractivity contribution >= 4 is 30.1 Å². The molecular weight excluding hydrogens is 299 g/mol. The summed E-state index contributed by atoms with van der Waals surface area (Å²) in [5, 5.41) is 0. The molecule has 1 atom stereocenters. The molecule has 1 aromatic rings. The number of carbonyl (C=O) groups is 2. The van der Waals surface area contributed by atoms with E-state index in [2.05, 4.69) is 4.99 Å². The summed E-state index contributed by atoms with van der Waals surface area (Å²) in [4.78, 5) is 28.3. The molecule has 0 saturated heterocycles. The molecule has 0 fully saturated rings. The summed E-state index contributed by atoms with van der Waals surface area (Å²) in [6, 6.07) is 3.80. The monoisotopic (exact) mass is 314 g/mol. The quantitative estimate of drug-likeness (QED) is 0.825. The Bertz CT molecular complexity index is 635. The van der Waals surface area contributed by atoms with Crippen LogP contribution >= 0.6 is 12.4 Å². The van der Waals surface area contributed by atoms with Gasteiger partial charge in [0.25, 0.3) is 5.91 Å². The summed E-state index contributed by atoms with van der Waals surface area (Å²) in [7, 11) is 1.55. The van der Waals surface area contributed by atoms with Gasteiger partial charge in [0.05, 0.1) is 6.54 Å². The van der Waals surface area contributed by atoms with Crippen molar-refractivity contribution in [2.45, 2.75) is 12.5 Å². The fourth-order valence-corrected chi connectivity index (χ4v) is 2.31. The zero-order valence-corrected chi connectivity index (χ0v) is 12.4. The van der Waals surface area contributed by atoms with Crippen molar-refractivity contribution < 1.29 is 14.0 Å². The highest BCUT2D eigenvalue weighted by molar-refractivity contribution is 6.37. The van der Waals surface area contributed by atoms with Crippen LogP contribution in [0.25, 0.3) is 0 Å². The normalized spacial score (nSPS) is 21.6. The van der Waals surface area contributed by atoms with Crippen LogP contribution in [-0.4, -0.2) is 36.1 Å². The van der Waals surface area contributed by atoms with E-state index >= 15 is 0 Å². The lowest BCUT2D eigenvalue weighted by molar-refractivity contribution is -0.124. The predicted octanol–water partition coefficient (Wildman–Crippen LogP) is 0.391. The number of hydrogen-bond acceptors (Lipinski definition) is 4. The van der Waals surface area contributed by atoms with Crippen LogP contribution in [0.5, 0.6) is 0 Å².